The van der Waals surface area contributed by atoms with E-state index in [2.05, 4.69) is 22.0 Å². The Morgan fingerprint density at radius 2 is 2.10 bits per heavy atom. The van der Waals surface area contributed by atoms with Crippen molar-refractivity contribution in [2.45, 2.75) is 39.0 Å². The highest BCUT2D eigenvalue weighted by molar-refractivity contribution is 5.81. The SMILES string of the molecule is CCCC(=N)CCCc1ccc(-n2nc(N)nc2N)cn1. The number of pyridine rings is 1. The van der Waals surface area contributed by atoms with Gasteiger partial charge in [-0.2, -0.15) is 9.67 Å². The Hall–Kier alpha value is -2.44. The summed E-state index contributed by atoms with van der Waals surface area (Å²) in [6.07, 6.45) is 6.28. The maximum atomic E-state index is 7.76. The van der Waals surface area contributed by atoms with Gasteiger partial charge < -0.3 is 16.9 Å². The summed E-state index contributed by atoms with van der Waals surface area (Å²) in [6, 6.07) is 3.83. The number of nitrogen functional groups attached to an aromatic ring is 2. The molecule has 7 nitrogen and oxygen atoms in total. The van der Waals surface area contributed by atoms with Gasteiger partial charge in [-0.05, 0) is 37.8 Å². The first-order valence-corrected chi connectivity index (χ1v) is 7.09. The van der Waals surface area contributed by atoms with Crippen LogP contribution in [0.1, 0.15) is 38.3 Å². The highest BCUT2D eigenvalue weighted by Gasteiger charge is 2.07. The van der Waals surface area contributed by atoms with Crippen molar-refractivity contribution >= 4 is 17.6 Å². The van der Waals surface area contributed by atoms with Gasteiger partial charge in [0.25, 0.3) is 0 Å². The van der Waals surface area contributed by atoms with Crippen LogP contribution in [0.2, 0.25) is 0 Å². The number of anilines is 2. The third kappa shape index (κ3) is 4.01. The first-order valence-electron chi connectivity index (χ1n) is 7.09. The van der Waals surface area contributed by atoms with Gasteiger partial charge in [-0.15, -0.1) is 5.10 Å². The largest absolute Gasteiger partial charge is 0.368 e. The van der Waals surface area contributed by atoms with Crippen LogP contribution < -0.4 is 11.5 Å². The van der Waals surface area contributed by atoms with Gasteiger partial charge >= 0.3 is 0 Å². The molecule has 0 fully saturated rings. The van der Waals surface area contributed by atoms with Gasteiger partial charge in [-0.1, -0.05) is 13.3 Å². The van der Waals surface area contributed by atoms with E-state index in [0.717, 1.165) is 49.2 Å². The summed E-state index contributed by atoms with van der Waals surface area (Å²) >= 11 is 0. The average Bonchev–Trinajstić information content (AvgIpc) is 2.79. The van der Waals surface area contributed by atoms with Crippen LogP contribution >= 0.6 is 0 Å². The van der Waals surface area contributed by atoms with Gasteiger partial charge in [0.15, 0.2) is 0 Å². The number of nitrogens with zero attached hydrogens (tertiary/aromatic N) is 4. The summed E-state index contributed by atoms with van der Waals surface area (Å²) in [5, 5.41) is 11.8. The maximum Gasteiger partial charge on any atom is 0.241 e. The molecule has 2 aromatic rings. The zero-order chi connectivity index (χ0) is 15.2. The van der Waals surface area contributed by atoms with Crippen LogP contribution in [-0.4, -0.2) is 25.5 Å². The fraction of sp³-hybridized carbons (Fsp3) is 0.429. The number of nitrogens with two attached hydrogens (primary N) is 2. The molecular weight excluding hydrogens is 266 g/mol. The summed E-state index contributed by atoms with van der Waals surface area (Å²) in [5.74, 6) is 0.390. The van der Waals surface area contributed by atoms with E-state index in [4.69, 9.17) is 16.9 Å². The molecule has 21 heavy (non-hydrogen) atoms. The maximum absolute atomic E-state index is 7.76. The van der Waals surface area contributed by atoms with Crippen molar-refractivity contribution in [1.82, 2.24) is 19.7 Å². The Morgan fingerprint density at radius 1 is 1.29 bits per heavy atom. The molecule has 112 valence electrons. The first-order chi connectivity index (χ1) is 10.1. The van der Waals surface area contributed by atoms with Gasteiger partial charge in [-0.25, -0.2) is 0 Å². The van der Waals surface area contributed by atoms with E-state index in [0.29, 0.717) is 0 Å². The van der Waals surface area contributed by atoms with Crippen molar-refractivity contribution in [1.29, 1.82) is 5.41 Å². The minimum atomic E-state index is 0.144. The molecule has 2 aromatic heterocycles. The quantitative estimate of drug-likeness (QED) is 0.672. The Kier molecular flexibility index (Phi) is 4.86. The van der Waals surface area contributed by atoms with Crippen molar-refractivity contribution < 1.29 is 0 Å². The summed E-state index contributed by atoms with van der Waals surface area (Å²) in [6.45, 7) is 2.09. The van der Waals surface area contributed by atoms with Crippen LogP contribution in [0.5, 0.6) is 0 Å². The van der Waals surface area contributed by atoms with Crippen molar-refractivity contribution in [3.05, 3.63) is 24.0 Å². The van der Waals surface area contributed by atoms with Crippen LogP contribution in [0.15, 0.2) is 18.3 Å². The molecule has 0 atom stereocenters. The lowest BCUT2D eigenvalue weighted by Gasteiger charge is -2.05. The van der Waals surface area contributed by atoms with E-state index in [-0.39, 0.29) is 11.9 Å². The number of nitrogens with one attached hydrogen (secondary N) is 1. The van der Waals surface area contributed by atoms with E-state index in [9.17, 15) is 0 Å². The molecule has 0 aliphatic carbocycles. The molecule has 0 saturated heterocycles. The van der Waals surface area contributed by atoms with E-state index in [1.54, 1.807) is 6.20 Å². The lowest BCUT2D eigenvalue weighted by molar-refractivity contribution is 0.809. The second-order valence-electron chi connectivity index (χ2n) is 4.95. The predicted octanol–water partition coefficient (Wildman–Crippen LogP) is 1.97. The van der Waals surface area contributed by atoms with Crippen LogP contribution in [0, 0.1) is 5.41 Å². The third-order valence-corrected chi connectivity index (χ3v) is 3.17. The fourth-order valence-electron chi connectivity index (χ4n) is 2.13. The van der Waals surface area contributed by atoms with E-state index >= 15 is 0 Å². The average molecular weight is 287 g/mol. The van der Waals surface area contributed by atoms with E-state index in [1.807, 2.05) is 12.1 Å². The van der Waals surface area contributed by atoms with Crippen molar-refractivity contribution in [3.63, 3.8) is 0 Å². The fourth-order valence-corrected chi connectivity index (χ4v) is 2.13. The Morgan fingerprint density at radius 3 is 2.67 bits per heavy atom. The van der Waals surface area contributed by atoms with Gasteiger partial charge in [0.05, 0.1) is 11.9 Å². The Labute approximate surface area is 123 Å². The van der Waals surface area contributed by atoms with Crippen LogP contribution in [0.25, 0.3) is 5.69 Å². The molecule has 0 bridgehead atoms. The number of aryl methyl sites for hydroxylation is 1. The monoisotopic (exact) mass is 287 g/mol. The van der Waals surface area contributed by atoms with Crippen LogP contribution in [0.4, 0.5) is 11.9 Å². The van der Waals surface area contributed by atoms with Crippen molar-refractivity contribution in [2.24, 2.45) is 0 Å². The smallest absolute Gasteiger partial charge is 0.241 e. The molecule has 7 heteroatoms. The van der Waals surface area contributed by atoms with Gasteiger partial charge in [-0.3, -0.25) is 4.98 Å². The molecule has 2 heterocycles. The van der Waals surface area contributed by atoms with Crippen molar-refractivity contribution in [3.8, 4) is 5.69 Å². The summed E-state index contributed by atoms with van der Waals surface area (Å²) in [5.41, 5.74) is 13.8. The van der Waals surface area contributed by atoms with Crippen LogP contribution in [-0.2, 0) is 6.42 Å². The lowest BCUT2D eigenvalue weighted by atomic mass is 10.1. The molecule has 0 spiro atoms. The minimum Gasteiger partial charge on any atom is -0.368 e. The molecule has 0 aliphatic rings. The van der Waals surface area contributed by atoms with E-state index in [1.165, 1.54) is 4.68 Å². The third-order valence-electron chi connectivity index (χ3n) is 3.17. The molecule has 0 aliphatic heterocycles. The van der Waals surface area contributed by atoms with Gasteiger partial charge in [0.1, 0.15) is 0 Å². The first kappa shape index (κ1) is 15.0. The predicted molar refractivity (Wildman–Crippen MR) is 83.6 cm³/mol. The topological polar surface area (TPSA) is 119 Å². The highest BCUT2D eigenvalue weighted by atomic mass is 15.4. The lowest BCUT2D eigenvalue weighted by Crippen LogP contribution is -2.04. The minimum absolute atomic E-state index is 0.144. The van der Waals surface area contributed by atoms with Crippen molar-refractivity contribution in [2.75, 3.05) is 11.5 Å². The normalized spacial score (nSPS) is 10.7. The second-order valence-corrected chi connectivity index (χ2v) is 4.95. The zero-order valence-corrected chi connectivity index (χ0v) is 12.2. The summed E-state index contributed by atoms with van der Waals surface area (Å²) in [4.78, 5) is 8.25. The molecule has 0 aromatic carbocycles. The molecule has 2 rings (SSSR count). The molecule has 0 unspecified atom stereocenters. The highest BCUT2D eigenvalue weighted by Crippen LogP contribution is 2.12. The molecular formula is C14H21N7. The van der Waals surface area contributed by atoms with Gasteiger partial charge in [0.2, 0.25) is 11.9 Å². The van der Waals surface area contributed by atoms with Crippen LogP contribution in [0.3, 0.4) is 0 Å². The Bertz CT molecular complexity index is 600. The standard InChI is InChI=1S/C14H21N7/c1-2-4-10(15)5-3-6-11-7-8-12(9-18-11)21-14(17)19-13(16)20-21/h7-9,15H,2-6H2,1H3,(H4,16,17,19,20). The van der Waals surface area contributed by atoms with Gasteiger partial charge in [0, 0.05) is 11.4 Å². The zero-order valence-electron chi connectivity index (χ0n) is 12.2. The molecule has 0 radical (unpaired) electrons. The summed E-state index contributed by atoms with van der Waals surface area (Å²) < 4.78 is 1.46. The second kappa shape index (κ2) is 6.83. The molecule has 0 amide bonds. The number of aromatic nitrogens is 4. The van der Waals surface area contributed by atoms with E-state index < -0.39 is 0 Å². The molecule has 5 N–H and O–H groups in total. The number of rotatable bonds is 7. The number of hydrogen-bond donors (Lipinski definition) is 3. The molecule has 0 saturated carbocycles. The Balaban J connectivity index is 1.93. The number of hydrogen-bond acceptors (Lipinski definition) is 6. The summed E-state index contributed by atoms with van der Waals surface area (Å²) in [7, 11) is 0.